The van der Waals surface area contributed by atoms with Crippen molar-refractivity contribution in [1.29, 1.82) is 0 Å². The molecule has 0 radical (unpaired) electrons. The first-order chi connectivity index (χ1) is 15.1. The van der Waals surface area contributed by atoms with E-state index in [4.69, 9.17) is 9.47 Å². The molecule has 2 aliphatic heterocycles. The largest absolute Gasteiger partial charge is 0.454 e. The van der Waals surface area contributed by atoms with Crippen LogP contribution in [0.25, 0.3) is 0 Å². The fraction of sp³-hybridized carbons (Fsp3) is 0.261. The number of amides is 1. The summed E-state index contributed by atoms with van der Waals surface area (Å²) in [6, 6.07) is 12.4. The van der Waals surface area contributed by atoms with Gasteiger partial charge in [-0.3, -0.25) is 9.69 Å². The number of nitrogens with zero attached hydrogens (tertiary/aromatic N) is 2. The molecule has 0 bridgehead atoms. The molecule has 3 aromatic rings. The lowest BCUT2D eigenvalue weighted by atomic mass is 9.99. The molecule has 0 spiro atoms. The zero-order chi connectivity index (χ0) is 21.4. The van der Waals surface area contributed by atoms with Crippen molar-refractivity contribution >= 4 is 5.91 Å². The summed E-state index contributed by atoms with van der Waals surface area (Å²) in [6.07, 6.45) is 1.93. The van der Waals surface area contributed by atoms with Gasteiger partial charge < -0.3 is 19.4 Å². The van der Waals surface area contributed by atoms with Crippen LogP contribution in [-0.4, -0.2) is 35.3 Å². The number of benzene rings is 2. The number of rotatable bonds is 5. The predicted octanol–water partition coefficient (Wildman–Crippen LogP) is 3.22. The zero-order valence-electron chi connectivity index (χ0n) is 16.7. The number of fused-ring (bicyclic) bond motifs is 2. The summed E-state index contributed by atoms with van der Waals surface area (Å²) in [5, 5.41) is 2.91. The van der Waals surface area contributed by atoms with E-state index in [0.29, 0.717) is 36.7 Å². The van der Waals surface area contributed by atoms with E-state index >= 15 is 0 Å². The summed E-state index contributed by atoms with van der Waals surface area (Å²) in [6.45, 7) is 1.90. The van der Waals surface area contributed by atoms with Gasteiger partial charge in [0.2, 0.25) is 12.7 Å². The van der Waals surface area contributed by atoms with Gasteiger partial charge in [0.15, 0.2) is 11.5 Å². The van der Waals surface area contributed by atoms with Gasteiger partial charge in [0.1, 0.15) is 11.6 Å². The van der Waals surface area contributed by atoms with Crippen LogP contribution in [0.5, 0.6) is 11.5 Å². The van der Waals surface area contributed by atoms with Gasteiger partial charge >= 0.3 is 0 Å². The van der Waals surface area contributed by atoms with Crippen molar-refractivity contribution < 1.29 is 23.0 Å². The van der Waals surface area contributed by atoms with Crippen molar-refractivity contribution in [1.82, 2.24) is 14.8 Å². The van der Waals surface area contributed by atoms with Crippen molar-refractivity contribution in [2.24, 2.45) is 0 Å². The molecule has 1 aromatic heterocycles. The standard InChI is InChI=1S/C23H21F2N3O3/c24-16-4-5-17(18(25)11-16)23-19-2-1-7-27(19)8-9-28(23)13-22(29)26-12-15-3-6-20-21(10-15)31-14-30-20/h1-7,10-11,23H,8-9,12-14H2,(H,26,29). The normalized spacial score (nSPS) is 17.4. The van der Waals surface area contributed by atoms with Crippen molar-refractivity contribution in [2.75, 3.05) is 19.9 Å². The minimum Gasteiger partial charge on any atom is -0.454 e. The van der Waals surface area contributed by atoms with E-state index in [1.165, 1.54) is 12.1 Å². The molecule has 2 aliphatic rings. The lowest BCUT2D eigenvalue weighted by molar-refractivity contribution is -0.123. The summed E-state index contributed by atoms with van der Waals surface area (Å²) in [7, 11) is 0. The molecule has 31 heavy (non-hydrogen) atoms. The van der Waals surface area contributed by atoms with Crippen LogP contribution in [0.3, 0.4) is 0 Å². The van der Waals surface area contributed by atoms with E-state index in [1.54, 1.807) is 0 Å². The van der Waals surface area contributed by atoms with E-state index in [-0.39, 0.29) is 19.2 Å². The van der Waals surface area contributed by atoms with E-state index in [0.717, 1.165) is 17.3 Å². The van der Waals surface area contributed by atoms with Gasteiger partial charge in [0.05, 0.1) is 12.6 Å². The molecule has 1 unspecified atom stereocenters. The van der Waals surface area contributed by atoms with Gasteiger partial charge in [0.25, 0.3) is 0 Å². The molecular formula is C23H21F2N3O3. The maximum absolute atomic E-state index is 14.6. The Morgan fingerprint density at radius 1 is 1.06 bits per heavy atom. The minimum absolute atomic E-state index is 0.0945. The molecule has 0 fully saturated rings. The SMILES string of the molecule is O=C(CN1CCn2cccc2C1c1ccc(F)cc1F)NCc1ccc2c(c1)OCO2. The van der Waals surface area contributed by atoms with E-state index in [1.807, 2.05) is 46.0 Å². The molecular weight excluding hydrogens is 404 g/mol. The first-order valence-corrected chi connectivity index (χ1v) is 10.1. The molecule has 8 heteroatoms. The van der Waals surface area contributed by atoms with Crippen molar-refractivity contribution in [3.05, 3.63) is 83.2 Å². The number of hydrogen-bond acceptors (Lipinski definition) is 4. The second-order valence-electron chi connectivity index (χ2n) is 7.63. The van der Waals surface area contributed by atoms with Gasteiger partial charge in [-0.2, -0.15) is 0 Å². The molecule has 0 aliphatic carbocycles. The molecule has 0 saturated heterocycles. The van der Waals surface area contributed by atoms with Gasteiger partial charge in [-0.05, 0) is 35.9 Å². The van der Waals surface area contributed by atoms with Crippen LogP contribution >= 0.6 is 0 Å². The predicted molar refractivity (Wildman–Crippen MR) is 109 cm³/mol. The van der Waals surface area contributed by atoms with Crippen LogP contribution in [0.15, 0.2) is 54.7 Å². The summed E-state index contributed by atoms with van der Waals surface area (Å²) in [5.74, 6) is -0.0676. The van der Waals surface area contributed by atoms with Gasteiger partial charge in [0, 0.05) is 43.2 Å². The van der Waals surface area contributed by atoms with Crippen LogP contribution in [0.2, 0.25) is 0 Å². The summed E-state index contributed by atoms with van der Waals surface area (Å²) in [5.41, 5.74) is 2.12. The first-order valence-electron chi connectivity index (χ1n) is 10.1. The number of hydrogen-bond donors (Lipinski definition) is 1. The molecule has 1 amide bonds. The van der Waals surface area contributed by atoms with E-state index in [9.17, 15) is 13.6 Å². The summed E-state index contributed by atoms with van der Waals surface area (Å²) < 4.78 is 40.8. The highest BCUT2D eigenvalue weighted by atomic mass is 19.1. The van der Waals surface area contributed by atoms with Gasteiger partial charge in [-0.25, -0.2) is 8.78 Å². The quantitative estimate of drug-likeness (QED) is 0.682. The Balaban J connectivity index is 1.31. The third kappa shape index (κ3) is 3.86. The lowest BCUT2D eigenvalue weighted by Gasteiger charge is -2.37. The molecule has 160 valence electrons. The Hall–Kier alpha value is -3.39. The zero-order valence-corrected chi connectivity index (χ0v) is 16.7. The van der Waals surface area contributed by atoms with Gasteiger partial charge in [-0.1, -0.05) is 12.1 Å². The van der Waals surface area contributed by atoms with Gasteiger partial charge in [-0.15, -0.1) is 0 Å². The minimum atomic E-state index is -0.625. The number of ether oxygens (including phenoxy) is 2. The van der Waals surface area contributed by atoms with Crippen LogP contribution < -0.4 is 14.8 Å². The molecule has 2 aromatic carbocycles. The molecule has 1 atom stereocenters. The number of aromatic nitrogens is 1. The molecule has 1 N–H and O–H groups in total. The highest BCUT2D eigenvalue weighted by molar-refractivity contribution is 5.78. The maximum atomic E-state index is 14.6. The van der Waals surface area contributed by atoms with Crippen molar-refractivity contribution in [3.8, 4) is 11.5 Å². The number of halogens is 2. The lowest BCUT2D eigenvalue weighted by Crippen LogP contribution is -2.44. The maximum Gasteiger partial charge on any atom is 0.234 e. The van der Waals surface area contributed by atoms with Crippen LogP contribution in [0, 0.1) is 11.6 Å². The smallest absolute Gasteiger partial charge is 0.234 e. The fourth-order valence-electron chi connectivity index (χ4n) is 4.17. The third-order valence-electron chi connectivity index (χ3n) is 5.67. The highest BCUT2D eigenvalue weighted by Gasteiger charge is 2.32. The van der Waals surface area contributed by atoms with E-state index < -0.39 is 17.7 Å². The topological polar surface area (TPSA) is 55.7 Å². The number of nitrogens with one attached hydrogen (secondary N) is 1. The Morgan fingerprint density at radius 2 is 1.94 bits per heavy atom. The van der Waals surface area contributed by atoms with Crippen LogP contribution in [0.1, 0.15) is 22.9 Å². The second-order valence-corrected chi connectivity index (χ2v) is 7.63. The molecule has 3 heterocycles. The van der Waals surface area contributed by atoms with Crippen molar-refractivity contribution in [2.45, 2.75) is 19.1 Å². The fourth-order valence-corrected chi connectivity index (χ4v) is 4.17. The molecule has 0 saturated carbocycles. The van der Waals surface area contributed by atoms with E-state index in [2.05, 4.69) is 5.32 Å². The highest BCUT2D eigenvalue weighted by Crippen LogP contribution is 2.34. The molecule has 5 rings (SSSR count). The average molecular weight is 425 g/mol. The Bertz CT molecular complexity index is 1130. The van der Waals surface area contributed by atoms with Crippen molar-refractivity contribution in [3.63, 3.8) is 0 Å². The number of carbonyl (C=O) groups is 1. The Labute approximate surface area is 178 Å². The molecule has 6 nitrogen and oxygen atoms in total. The first kappa shape index (κ1) is 19.6. The van der Waals surface area contributed by atoms with Crippen LogP contribution in [-0.2, 0) is 17.9 Å². The third-order valence-corrected chi connectivity index (χ3v) is 5.67. The number of carbonyl (C=O) groups excluding carboxylic acids is 1. The average Bonchev–Trinajstić information content (AvgIpc) is 3.41. The Morgan fingerprint density at radius 3 is 2.81 bits per heavy atom. The Kier molecular flexibility index (Phi) is 5.07. The second kappa shape index (κ2) is 8.03. The summed E-state index contributed by atoms with van der Waals surface area (Å²) >= 11 is 0. The van der Waals surface area contributed by atoms with Crippen LogP contribution in [0.4, 0.5) is 8.78 Å². The monoisotopic (exact) mass is 425 g/mol. The summed E-state index contributed by atoms with van der Waals surface area (Å²) in [4.78, 5) is 14.6.